The van der Waals surface area contributed by atoms with E-state index >= 15 is 0 Å². The number of hydrogen-bond donors (Lipinski definition) is 1. The first-order valence-corrected chi connectivity index (χ1v) is 8.13. The SMILES string of the molecule is C#CCCC1(CCC(=O)NC(CC)C(=O)N2CCOCC2)N=N1. The van der Waals surface area contributed by atoms with Gasteiger partial charge in [-0.15, -0.1) is 12.3 Å². The van der Waals surface area contributed by atoms with Gasteiger partial charge >= 0.3 is 0 Å². The maximum atomic E-state index is 12.4. The van der Waals surface area contributed by atoms with Gasteiger partial charge in [0.2, 0.25) is 11.8 Å². The summed E-state index contributed by atoms with van der Waals surface area (Å²) in [6.07, 6.45) is 7.93. The summed E-state index contributed by atoms with van der Waals surface area (Å²) < 4.78 is 5.24. The van der Waals surface area contributed by atoms with Crippen LogP contribution >= 0.6 is 0 Å². The molecule has 2 rings (SSSR count). The molecular weight excluding hydrogens is 296 g/mol. The van der Waals surface area contributed by atoms with Crippen LogP contribution in [0.3, 0.4) is 0 Å². The Labute approximate surface area is 136 Å². The number of rotatable bonds is 8. The molecule has 126 valence electrons. The lowest BCUT2D eigenvalue weighted by Gasteiger charge is -2.30. The first kappa shape index (κ1) is 17.4. The molecule has 7 heteroatoms. The van der Waals surface area contributed by atoms with Gasteiger partial charge in [0.15, 0.2) is 5.66 Å². The van der Waals surface area contributed by atoms with E-state index in [9.17, 15) is 9.59 Å². The van der Waals surface area contributed by atoms with Gasteiger partial charge in [0.25, 0.3) is 0 Å². The third kappa shape index (κ3) is 5.03. The normalized spacial score (nSPS) is 19.7. The average molecular weight is 320 g/mol. The Kier molecular flexibility index (Phi) is 6.11. The molecule has 0 aromatic carbocycles. The Morgan fingerprint density at radius 1 is 1.35 bits per heavy atom. The highest BCUT2D eigenvalue weighted by Crippen LogP contribution is 2.37. The molecule has 2 aliphatic heterocycles. The number of amides is 2. The maximum Gasteiger partial charge on any atom is 0.245 e. The number of nitrogens with zero attached hydrogens (tertiary/aromatic N) is 3. The molecule has 2 heterocycles. The Hall–Kier alpha value is -1.94. The Morgan fingerprint density at radius 2 is 2.04 bits per heavy atom. The smallest absolute Gasteiger partial charge is 0.245 e. The minimum Gasteiger partial charge on any atom is -0.378 e. The van der Waals surface area contributed by atoms with Gasteiger partial charge in [0.1, 0.15) is 6.04 Å². The number of carbonyl (C=O) groups excluding carboxylic acids is 2. The molecule has 0 saturated carbocycles. The highest BCUT2D eigenvalue weighted by atomic mass is 16.5. The molecule has 1 saturated heterocycles. The van der Waals surface area contributed by atoms with Gasteiger partial charge in [-0.25, -0.2) is 0 Å². The monoisotopic (exact) mass is 320 g/mol. The van der Waals surface area contributed by atoms with Crippen LogP contribution in [0.1, 0.15) is 39.0 Å². The fourth-order valence-electron chi connectivity index (χ4n) is 2.59. The number of carbonyl (C=O) groups is 2. The molecule has 0 bridgehead atoms. The second-order valence-electron chi connectivity index (χ2n) is 5.85. The number of terminal acetylenes is 1. The van der Waals surface area contributed by atoms with Crippen LogP contribution in [0.2, 0.25) is 0 Å². The largest absolute Gasteiger partial charge is 0.378 e. The van der Waals surface area contributed by atoms with Gasteiger partial charge in [-0.2, -0.15) is 10.2 Å². The van der Waals surface area contributed by atoms with Crippen LogP contribution in [0.5, 0.6) is 0 Å². The summed E-state index contributed by atoms with van der Waals surface area (Å²) in [4.78, 5) is 26.3. The predicted molar refractivity (Wildman–Crippen MR) is 84.5 cm³/mol. The van der Waals surface area contributed by atoms with Gasteiger partial charge in [-0.1, -0.05) is 6.92 Å². The molecule has 1 unspecified atom stereocenters. The maximum absolute atomic E-state index is 12.4. The third-order valence-electron chi connectivity index (χ3n) is 4.17. The number of morpholine rings is 1. The van der Waals surface area contributed by atoms with E-state index in [0.717, 1.165) is 0 Å². The molecule has 23 heavy (non-hydrogen) atoms. The van der Waals surface area contributed by atoms with Crippen molar-refractivity contribution in [1.29, 1.82) is 0 Å². The van der Waals surface area contributed by atoms with E-state index in [4.69, 9.17) is 11.2 Å². The standard InChI is InChI=1S/C16H24N4O3/c1-3-5-7-16(18-19-16)8-6-14(21)17-13(4-2)15(22)20-9-11-23-12-10-20/h1,13H,4-12H2,2H3,(H,17,21). The molecule has 0 radical (unpaired) electrons. The lowest BCUT2D eigenvalue weighted by molar-refractivity contribution is -0.140. The lowest BCUT2D eigenvalue weighted by Crippen LogP contribution is -2.51. The average Bonchev–Trinajstić information content (AvgIpc) is 3.36. The summed E-state index contributed by atoms with van der Waals surface area (Å²) in [7, 11) is 0. The van der Waals surface area contributed by atoms with E-state index in [2.05, 4.69) is 21.5 Å². The topological polar surface area (TPSA) is 83.4 Å². The van der Waals surface area contributed by atoms with Gasteiger partial charge in [-0.3, -0.25) is 9.59 Å². The molecule has 2 aliphatic rings. The van der Waals surface area contributed by atoms with E-state index in [1.54, 1.807) is 4.90 Å². The van der Waals surface area contributed by atoms with Crippen LogP contribution in [-0.2, 0) is 14.3 Å². The fourth-order valence-corrected chi connectivity index (χ4v) is 2.59. The molecule has 2 amide bonds. The molecule has 0 aromatic heterocycles. The van der Waals surface area contributed by atoms with Gasteiger partial charge in [-0.05, 0) is 6.42 Å². The second-order valence-corrected chi connectivity index (χ2v) is 5.85. The molecule has 1 atom stereocenters. The molecule has 0 aromatic rings. The summed E-state index contributed by atoms with van der Waals surface area (Å²) in [5.41, 5.74) is -0.459. The minimum atomic E-state index is -0.477. The van der Waals surface area contributed by atoms with E-state index < -0.39 is 11.7 Å². The molecule has 7 nitrogen and oxygen atoms in total. The van der Waals surface area contributed by atoms with Crippen molar-refractivity contribution >= 4 is 11.8 Å². The highest BCUT2D eigenvalue weighted by molar-refractivity contribution is 5.87. The Morgan fingerprint density at radius 3 is 2.61 bits per heavy atom. The first-order chi connectivity index (χ1) is 11.1. The van der Waals surface area contributed by atoms with Crippen molar-refractivity contribution in [3.05, 3.63) is 0 Å². The quantitative estimate of drug-likeness (QED) is 0.680. The summed E-state index contributed by atoms with van der Waals surface area (Å²) in [6, 6.07) is -0.477. The minimum absolute atomic E-state index is 0.0352. The van der Waals surface area contributed by atoms with Crippen LogP contribution in [0.4, 0.5) is 0 Å². The highest BCUT2D eigenvalue weighted by Gasteiger charge is 2.39. The summed E-state index contributed by atoms with van der Waals surface area (Å²) in [6.45, 7) is 4.16. The van der Waals surface area contributed by atoms with Crippen LogP contribution in [0.25, 0.3) is 0 Å². The summed E-state index contributed by atoms with van der Waals surface area (Å²) >= 11 is 0. The predicted octanol–water partition coefficient (Wildman–Crippen LogP) is 1.10. The molecule has 0 aliphatic carbocycles. The van der Waals surface area contributed by atoms with Crippen LogP contribution in [0.15, 0.2) is 10.2 Å². The van der Waals surface area contributed by atoms with Crippen molar-refractivity contribution in [3.63, 3.8) is 0 Å². The van der Waals surface area contributed by atoms with Crippen molar-refractivity contribution in [1.82, 2.24) is 10.2 Å². The molecular formula is C16H24N4O3. The van der Waals surface area contributed by atoms with E-state index in [-0.39, 0.29) is 11.8 Å². The van der Waals surface area contributed by atoms with Crippen molar-refractivity contribution in [2.45, 2.75) is 50.7 Å². The molecule has 0 spiro atoms. The third-order valence-corrected chi connectivity index (χ3v) is 4.17. The Bertz CT molecular complexity index is 500. The first-order valence-electron chi connectivity index (χ1n) is 8.13. The van der Waals surface area contributed by atoms with E-state index in [1.165, 1.54) is 0 Å². The van der Waals surface area contributed by atoms with Gasteiger partial charge < -0.3 is 15.0 Å². The number of ether oxygens (including phenoxy) is 1. The zero-order chi connectivity index (χ0) is 16.7. The zero-order valence-electron chi connectivity index (χ0n) is 13.6. The van der Waals surface area contributed by atoms with Crippen molar-refractivity contribution < 1.29 is 14.3 Å². The number of nitrogens with one attached hydrogen (secondary N) is 1. The lowest BCUT2D eigenvalue weighted by atomic mass is 10.0. The number of hydrogen-bond acceptors (Lipinski definition) is 5. The van der Waals surface area contributed by atoms with E-state index in [1.807, 2.05) is 6.92 Å². The van der Waals surface area contributed by atoms with Crippen LogP contribution in [0, 0.1) is 12.3 Å². The zero-order valence-corrected chi connectivity index (χ0v) is 13.6. The van der Waals surface area contributed by atoms with Crippen molar-refractivity contribution in [2.75, 3.05) is 26.3 Å². The summed E-state index contributed by atoms with van der Waals surface area (Å²) in [5, 5.41) is 10.8. The van der Waals surface area contributed by atoms with Crippen molar-refractivity contribution in [2.24, 2.45) is 10.2 Å². The van der Waals surface area contributed by atoms with Crippen LogP contribution in [-0.4, -0.2) is 54.7 Å². The van der Waals surface area contributed by atoms with Crippen LogP contribution < -0.4 is 5.32 Å². The van der Waals surface area contributed by atoms with Gasteiger partial charge in [0.05, 0.1) is 13.2 Å². The molecule has 1 fully saturated rings. The summed E-state index contributed by atoms with van der Waals surface area (Å²) in [5.74, 6) is 2.39. The fraction of sp³-hybridized carbons (Fsp3) is 0.750. The van der Waals surface area contributed by atoms with Crippen molar-refractivity contribution in [3.8, 4) is 12.3 Å². The second kappa shape index (κ2) is 8.06. The van der Waals surface area contributed by atoms with E-state index in [0.29, 0.717) is 58.4 Å². The van der Waals surface area contributed by atoms with Gasteiger partial charge in [0, 0.05) is 38.8 Å². The Balaban J connectivity index is 1.76. The molecule has 1 N–H and O–H groups in total.